The molecular weight excluding hydrogens is 288 g/mol. The van der Waals surface area contributed by atoms with Crippen LogP contribution in [0.15, 0.2) is 42.7 Å². The van der Waals surface area contributed by atoms with Crippen molar-refractivity contribution < 1.29 is 4.74 Å². The third-order valence-corrected chi connectivity index (χ3v) is 4.17. The number of rotatable bonds is 2. The zero-order chi connectivity index (χ0) is 15.6. The summed E-state index contributed by atoms with van der Waals surface area (Å²) in [6.45, 7) is 5.40. The first kappa shape index (κ1) is 14.1. The molecule has 0 N–H and O–H groups in total. The lowest BCUT2D eigenvalue weighted by Gasteiger charge is -2.27. The van der Waals surface area contributed by atoms with Crippen molar-refractivity contribution in [3.05, 3.63) is 48.3 Å². The Labute approximate surface area is 135 Å². The van der Waals surface area contributed by atoms with Gasteiger partial charge in [0.1, 0.15) is 5.82 Å². The van der Waals surface area contributed by atoms with Gasteiger partial charge in [0.15, 0.2) is 5.65 Å². The summed E-state index contributed by atoms with van der Waals surface area (Å²) in [6.07, 6.45) is 3.67. The van der Waals surface area contributed by atoms with Crippen LogP contribution in [0.4, 0.5) is 5.82 Å². The average molecular weight is 306 g/mol. The molecule has 0 spiro atoms. The highest BCUT2D eigenvalue weighted by molar-refractivity contribution is 5.81. The highest BCUT2D eigenvalue weighted by Gasteiger charge is 2.13. The van der Waals surface area contributed by atoms with Gasteiger partial charge < -0.3 is 9.64 Å². The maximum Gasteiger partial charge on any atom is 0.160 e. The Morgan fingerprint density at radius 2 is 1.96 bits per heavy atom. The number of hydrogen-bond donors (Lipinski definition) is 0. The molecule has 5 nitrogen and oxygen atoms in total. The van der Waals surface area contributed by atoms with Gasteiger partial charge in [-0.25, -0.2) is 15.0 Å². The second-order valence-electron chi connectivity index (χ2n) is 5.70. The Hall–Kier alpha value is -2.53. The zero-order valence-electron chi connectivity index (χ0n) is 13.1. The lowest BCUT2D eigenvalue weighted by molar-refractivity contribution is 0.122. The van der Waals surface area contributed by atoms with Gasteiger partial charge in [0.2, 0.25) is 0 Å². The van der Waals surface area contributed by atoms with E-state index in [0.29, 0.717) is 0 Å². The highest BCUT2D eigenvalue weighted by Crippen LogP contribution is 2.24. The largest absolute Gasteiger partial charge is 0.378 e. The van der Waals surface area contributed by atoms with Crippen molar-refractivity contribution in [1.82, 2.24) is 15.0 Å². The first-order valence-corrected chi connectivity index (χ1v) is 7.83. The summed E-state index contributed by atoms with van der Waals surface area (Å²) in [4.78, 5) is 15.9. The normalized spacial score (nSPS) is 15.1. The summed E-state index contributed by atoms with van der Waals surface area (Å²) >= 11 is 0. The lowest BCUT2D eigenvalue weighted by Crippen LogP contribution is -2.36. The van der Waals surface area contributed by atoms with Crippen molar-refractivity contribution in [3.63, 3.8) is 0 Å². The topological polar surface area (TPSA) is 51.1 Å². The van der Waals surface area contributed by atoms with E-state index in [1.54, 1.807) is 6.20 Å². The molecule has 0 saturated carbocycles. The second-order valence-corrected chi connectivity index (χ2v) is 5.70. The summed E-state index contributed by atoms with van der Waals surface area (Å²) in [5, 5.41) is 1.09. The molecule has 0 aromatic carbocycles. The first-order valence-electron chi connectivity index (χ1n) is 7.83. The molecule has 1 aliphatic heterocycles. The molecule has 4 rings (SSSR count). The number of ether oxygens (including phenoxy) is 1. The van der Waals surface area contributed by atoms with Crippen molar-refractivity contribution in [3.8, 4) is 11.3 Å². The number of anilines is 1. The molecular formula is C18H18N4O. The maximum atomic E-state index is 5.38. The number of hydrogen-bond acceptors (Lipinski definition) is 5. The smallest absolute Gasteiger partial charge is 0.160 e. The molecule has 5 heteroatoms. The van der Waals surface area contributed by atoms with Crippen LogP contribution in [0, 0.1) is 6.92 Å². The highest BCUT2D eigenvalue weighted by atomic mass is 16.5. The summed E-state index contributed by atoms with van der Waals surface area (Å²) in [5.41, 5.74) is 3.88. The van der Waals surface area contributed by atoms with E-state index < -0.39 is 0 Å². The molecule has 1 aliphatic rings. The molecule has 1 saturated heterocycles. The molecule has 3 aromatic heterocycles. The Morgan fingerprint density at radius 1 is 1.09 bits per heavy atom. The number of pyridine rings is 3. The van der Waals surface area contributed by atoms with Gasteiger partial charge in [-0.05, 0) is 42.8 Å². The molecule has 0 atom stereocenters. The minimum absolute atomic E-state index is 0.764. The quantitative estimate of drug-likeness (QED) is 0.728. The van der Waals surface area contributed by atoms with Crippen molar-refractivity contribution in [1.29, 1.82) is 0 Å². The van der Waals surface area contributed by atoms with Crippen molar-refractivity contribution in [2.75, 3.05) is 31.2 Å². The van der Waals surface area contributed by atoms with Crippen molar-refractivity contribution in [2.45, 2.75) is 6.92 Å². The van der Waals surface area contributed by atoms with Gasteiger partial charge in [0.25, 0.3) is 0 Å². The van der Waals surface area contributed by atoms with Gasteiger partial charge in [-0.15, -0.1) is 0 Å². The summed E-state index contributed by atoms with van der Waals surface area (Å²) < 4.78 is 5.38. The molecule has 0 aliphatic carbocycles. The van der Waals surface area contributed by atoms with Crippen molar-refractivity contribution >= 4 is 16.9 Å². The minimum Gasteiger partial charge on any atom is -0.378 e. The molecule has 23 heavy (non-hydrogen) atoms. The molecule has 116 valence electrons. The molecule has 0 bridgehead atoms. The summed E-state index contributed by atoms with van der Waals surface area (Å²) in [6, 6.07) is 10.2. The maximum absolute atomic E-state index is 5.38. The fourth-order valence-corrected chi connectivity index (χ4v) is 2.89. The van der Waals surface area contributed by atoms with E-state index >= 15 is 0 Å². The first-order chi connectivity index (χ1) is 11.3. The molecule has 0 amide bonds. The number of morpholine rings is 1. The van der Waals surface area contributed by atoms with Gasteiger partial charge in [-0.3, -0.25) is 0 Å². The summed E-state index contributed by atoms with van der Waals surface area (Å²) in [7, 11) is 0. The standard InChI is InChI=1S/C18H18N4O/c1-13-11-16(21-18-15(13)3-2-6-19-18)14-4-5-17(20-12-14)22-7-9-23-10-8-22/h2-6,11-12H,7-10H2,1H3. The average Bonchev–Trinajstić information content (AvgIpc) is 2.63. The van der Waals surface area contributed by atoms with E-state index in [4.69, 9.17) is 4.74 Å². The minimum atomic E-state index is 0.764. The molecule has 1 fully saturated rings. The van der Waals surface area contributed by atoms with Crippen LogP contribution in [0.2, 0.25) is 0 Å². The predicted octanol–water partition coefficient (Wildman–Crippen LogP) is 2.84. The molecule has 4 heterocycles. The predicted molar refractivity (Wildman–Crippen MR) is 90.5 cm³/mol. The zero-order valence-corrected chi connectivity index (χ0v) is 13.1. The van der Waals surface area contributed by atoms with Crippen LogP contribution >= 0.6 is 0 Å². The SMILES string of the molecule is Cc1cc(-c2ccc(N3CCOCC3)nc2)nc2ncccc12. The Balaban J connectivity index is 1.67. The molecule has 0 unspecified atom stereocenters. The van der Waals surface area contributed by atoms with Crippen LogP contribution in [-0.4, -0.2) is 41.3 Å². The van der Waals surface area contributed by atoms with Gasteiger partial charge in [-0.2, -0.15) is 0 Å². The van der Waals surface area contributed by atoms with Gasteiger partial charge in [0, 0.05) is 36.4 Å². The third-order valence-electron chi connectivity index (χ3n) is 4.17. The van der Waals surface area contributed by atoms with E-state index in [1.807, 2.05) is 18.3 Å². The van der Waals surface area contributed by atoms with E-state index in [2.05, 4.69) is 45.0 Å². The fourth-order valence-electron chi connectivity index (χ4n) is 2.89. The Morgan fingerprint density at radius 3 is 2.74 bits per heavy atom. The van der Waals surface area contributed by atoms with Crippen LogP contribution in [0.1, 0.15) is 5.56 Å². The second kappa shape index (κ2) is 5.93. The molecule has 0 radical (unpaired) electrons. The van der Waals surface area contributed by atoms with Crippen LogP contribution in [0.25, 0.3) is 22.3 Å². The molecule has 3 aromatic rings. The van der Waals surface area contributed by atoms with E-state index in [1.165, 1.54) is 5.56 Å². The Bertz CT molecular complexity index is 826. The van der Waals surface area contributed by atoms with E-state index in [0.717, 1.165) is 54.4 Å². The van der Waals surface area contributed by atoms with Crippen LogP contribution < -0.4 is 4.90 Å². The van der Waals surface area contributed by atoms with E-state index in [-0.39, 0.29) is 0 Å². The summed E-state index contributed by atoms with van der Waals surface area (Å²) in [5.74, 6) is 0.993. The van der Waals surface area contributed by atoms with Crippen LogP contribution in [0.3, 0.4) is 0 Å². The fraction of sp³-hybridized carbons (Fsp3) is 0.278. The van der Waals surface area contributed by atoms with Gasteiger partial charge in [0.05, 0.1) is 18.9 Å². The van der Waals surface area contributed by atoms with Crippen LogP contribution in [-0.2, 0) is 4.74 Å². The van der Waals surface area contributed by atoms with Gasteiger partial charge in [-0.1, -0.05) is 0 Å². The number of aryl methyl sites for hydroxylation is 1. The van der Waals surface area contributed by atoms with Crippen molar-refractivity contribution in [2.24, 2.45) is 0 Å². The third kappa shape index (κ3) is 2.75. The van der Waals surface area contributed by atoms with E-state index in [9.17, 15) is 0 Å². The Kier molecular flexibility index (Phi) is 3.63. The monoisotopic (exact) mass is 306 g/mol. The number of aromatic nitrogens is 3. The van der Waals surface area contributed by atoms with Gasteiger partial charge >= 0.3 is 0 Å². The lowest BCUT2D eigenvalue weighted by atomic mass is 10.1. The number of nitrogens with zero attached hydrogens (tertiary/aromatic N) is 4. The number of fused-ring (bicyclic) bond motifs is 1. The van der Waals surface area contributed by atoms with Crippen LogP contribution in [0.5, 0.6) is 0 Å².